The number of hydrogen-bond acceptors (Lipinski definition) is 5. The van der Waals surface area contributed by atoms with Crippen LogP contribution in [0.3, 0.4) is 0 Å². The van der Waals surface area contributed by atoms with Crippen LogP contribution in [-0.4, -0.2) is 27.3 Å². The molecular formula is C19H19N3OS2. The van der Waals surface area contributed by atoms with E-state index in [1.165, 1.54) is 5.56 Å². The molecule has 4 nitrogen and oxygen atoms in total. The van der Waals surface area contributed by atoms with Gasteiger partial charge in [-0.15, -0.1) is 22.7 Å². The van der Waals surface area contributed by atoms with Crippen LogP contribution in [0.25, 0.3) is 0 Å². The fourth-order valence-corrected chi connectivity index (χ4v) is 4.83. The van der Waals surface area contributed by atoms with Gasteiger partial charge in [-0.05, 0) is 24.8 Å². The van der Waals surface area contributed by atoms with Crippen LogP contribution in [-0.2, 0) is 6.42 Å². The fraction of sp³-hybridized carbons (Fsp3) is 0.316. The molecule has 0 bridgehead atoms. The lowest BCUT2D eigenvalue weighted by Gasteiger charge is -2.34. The normalized spacial score (nSPS) is 17.6. The maximum Gasteiger partial charge on any atom is 0.273 e. The molecular weight excluding hydrogens is 350 g/mol. The van der Waals surface area contributed by atoms with Gasteiger partial charge in [-0.3, -0.25) is 4.79 Å². The Morgan fingerprint density at radius 2 is 2.08 bits per heavy atom. The van der Waals surface area contributed by atoms with E-state index in [0.29, 0.717) is 5.69 Å². The van der Waals surface area contributed by atoms with Crippen molar-refractivity contribution in [3.8, 4) is 0 Å². The van der Waals surface area contributed by atoms with Crippen molar-refractivity contribution >= 4 is 28.6 Å². The van der Waals surface area contributed by atoms with Crippen LogP contribution < -0.4 is 0 Å². The molecule has 0 radical (unpaired) electrons. The summed E-state index contributed by atoms with van der Waals surface area (Å²) < 4.78 is 0. The lowest BCUT2D eigenvalue weighted by Crippen LogP contribution is -2.38. The average Bonchev–Trinajstić information content (AvgIpc) is 3.34. The van der Waals surface area contributed by atoms with E-state index in [4.69, 9.17) is 0 Å². The van der Waals surface area contributed by atoms with Crippen molar-refractivity contribution in [3.05, 3.63) is 68.6 Å². The summed E-state index contributed by atoms with van der Waals surface area (Å²) in [5.74, 6) is 0.0375. The Bertz CT molecular complexity index is 829. The average molecular weight is 370 g/mol. The Morgan fingerprint density at radius 1 is 1.20 bits per heavy atom. The Hall–Kier alpha value is -2.05. The molecule has 6 heteroatoms. The quantitative estimate of drug-likeness (QED) is 0.677. The van der Waals surface area contributed by atoms with Crippen molar-refractivity contribution in [2.75, 3.05) is 6.54 Å². The summed E-state index contributed by atoms with van der Waals surface area (Å²) in [6.07, 6.45) is 5.77. The minimum atomic E-state index is 0.0375. The summed E-state index contributed by atoms with van der Waals surface area (Å²) in [6.45, 7) is 0.786. The van der Waals surface area contributed by atoms with Crippen molar-refractivity contribution < 1.29 is 4.79 Å². The van der Waals surface area contributed by atoms with Crippen LogP contribution in [0.5, 0.6) is 0 Å². The number of hydrogen-bond donors (Lipinski definition) is 0. The number of thiazole rings is 2. The van der Waals surface area contributed by atoms with E-state index in [0.717, 1.165) is 42.2 Å². The molecule has 4 rings (SSSR count). The van der Waals surface area contributed by atoms with E-state index >= 15 is 0 Å². The van der Waals surface area contributed by atoms with Crippen LogP contribution in [0.2, 0.25) is 0 Å². The maximum atomic E-state index is 13.0. The van der Waals surface area contributed by atoms with Crippen molar-refractivity contribution in [2.45, 2.75) is 31.7 Å². The summed E-state index contributed by atoms with van der Waals surface area (Å²) >= 11 is 3.19. The topological polar surface area (TPSA) is 46.1 Å². The zero-order valence-electron chi connectivity index (χ0n) is 13.8. The predicted octanol–water partition coefficient (Wildman–Crippen LogP) is 4.56. The molecule has 1 aromatic carbocycles. The van der Waals surface area contributed by atoms with E-state index in [2.05, 4.69) is 22.1 Å². The van der Waals surface area contributed by atoms with Gasteiger partial charge in [-0.1, -0.05) is 30.3 Å². The van der Waals surface area contributed by atoms with Gasteiger partial charge in [0.05, 0.1) is 11.0 Å². The van der Waals surface area contributed by atoms with Crippen molar-refractivity contribution in [3.63, 3.8) is 0 Å². The highest BCUT2D eigenvalue weighted by atomic mass is 32.1. The first-order chi connectivity index (χ1) is 12.3. The molecule has 0 unspecified atom stereocenters. The molecule has 1 aliphatic heterocycles. The predicted molar refractivity (Wildman–Crippen MR) is 101 cm³/mol. The molecule has 0 aliphatic carbocycles. The number of piperidine rings is 1. The molecule has 1 aliphatic rings. The third-order valence-corrected chi connectivity index (χ3v) is 6.19. The van der Waals surface area contributed by atoms with Crippen LogP contribution in [0.4, 0.5) is 0 Å². The van der Waals surface area contributed by atoms with Gasteiger partial charge in [0.1, 0.15) is 10.7 Å². The first-order valence-electron chi connectivity index (χ1n) is 8.50. The Kier molecular flexibility index (Phi) is 4.90. The number of nitrogens with zero attached hydrogens (tertiary/aromatic N) is 3. The lowest BCUT2D eigenvalue weighted by atomic mass is 10.0. The van der Waals surface area contributed by atoms with Gasteiger partial charge >= 0.3 is 0 Å². The van der Waals surface area contributed by atoms with E-state index in [1.54, 1.807) is 22.7 Å². The highest BCUT2D eigenvalue weighted by Gasteiger charge is 2.31. The number of aromatic nitrogens is 2. The molecule has 2 aromatic heterocycles. The van der Waals surface area contributed by atoms with Crippen LogP contribution >= 0.6 is 22.7 Å². The molecule has 25 heavy (non-hydrogen) atoms. The molecule has 3 heterocycles. The van der Waals surface area contributed by atoms with Crippen LogP contribution in [0.1, 0.15) is 51.4 Å². The van der Waals surface area contributed by atoms with E-state index in [-0.39, 0.29) is 11.9 Å². The van der Waals surface area contributed by atoms with Gasteiger partial charge in [-0.2, -0.15) is 0 Å². The van der Waals surface area contributed by atoms with Gasteiger partial charge < -0.3 is 4.90 Å². The van der Waals surface area contributed by atoms with Gasteiger partial charge in [0.2, 0.25) is 0 Å². The standard InChI is InChI=1S/C19H19N3OS2/c23-19(22-10-5-4-8-16(22)18-20-9-11-24-18)15-13-25-17(21-15)12-14-6-2-1-3-7-14/h1-3,6-7,9,11,13,16H,4-5,8,10,12H2/t16-/m0/s1. The summed E-state index contributed by atoms with van der Waals surface area (Å²) in [4.78, 5) is 24.0. The summed E-state index contributed by atoms with van der Waals surface area (Å²) in [5, 5.41) is 5.90. The maximum absolute atomic E-state index is 13.0. The monoisotopic (exact) mass is 369 g/mol. The zero-order valence-corrected chi connectivity index (χ0v) is 15.4. The molecule has 0 spiro atoms. The largest absolute Gasteiger partial charge is 0.328 e. The Balaban J connectivity index is 1.52. The highest BCUT2D eigenvalue weighted by molar-refractivity contribution is 7.10. The number of likely N-dealkylation sites (tertiary alicyclic amines) is 1. The molecule has 128 valence electrons. The minimum absolute atomic E-state index is 0.0375. The first kappa shape index (κ1) is 16.4. The summed E-state index contributed by atoms with van der Waals surface area (Å²) in [7, 11) is 0. The minimum Gasteiger partial charge on any atom is -0.328 e. The highest BCUT2D eigenvalue weighted by Crippen LogP contribution is 2.33. The van der Waals surface area contributed by atoms with Crippen molar-refractivity contribution in [1.29, 1.82) is 0 Å². The second kappa shape index (κ2) is 7.45. The van der Waals surface area contributed by atoms with E-state index in [9.17, 15) is 4.79 Å². The van der Waals surface area contributed by atoms with Crippen LogP contribution in [0, 0.1) is 0 Å². The number of benzene rings is 1. The first-order valence-corrected chi connectivity index (χ1v) is 10.3. The number of rotatable bonds is 4. The Morgan fingerprint density at radius 3 is 2.88 bits per heavy atom. The fourth-order valence-electron chi connectivity index (χ4n) is 3.24. The van der Waals surface area contributed by atoms with Gasteiger partial charge in [-0.25, -0.2) is 9.97 Å². The zero-order chi connectivity index (χ0) is 17.1. The molecule has 1 atom stereocenters. The van der Waals surface area contributed by atoms with Gasteiger partial charge in [0, 0.05) is 29.9 Å². The molecule has 0 N–H and O–H groups in total. The SMILES string of the molecule is O=C(c1csc(Cc2ccccc2)n1)N1CCCC[C@H]1c1nccs1. The second-order valence-corrected chi connectivity index (χ2v) is 8.04. The Labute approximate surface area is 155 Å². The lowest BCUT2D eigenvalue weighted by molar-refractivity contribution is 0.0605. The third-order valence-electron chi connectivity index (χ3n) is 4.47. The van der Waals surface area contributed by atoms with Crippen molar-refractivity contribution in [1.82, 2.24) is 14.9 Å². The summed E-state index contributed by atoms with van der Waals surface area (Å²) in [5.41, 5.74) is 1.79. The second-order valence-electron chi connectivity index (χ2n) is 6.17. The van der Waals surface area contributed by atoms with Crippen molar-refractivity contribution in [2.24, 2.45) is 0 Å². The van der Waals surface area contributed by atoms with Gasteiger partial charge in [0.15, 0.2) is 0 Å². The number of amides is 1. The van der Waals surface area contributed by atoms with E-state index < -0.39 is 0 Å². The number of carbonyl (C=O) groups excluding carboxylic acids is 1. The smallest absolute Gasteiger partial charge is 0.273 e. The molecule has 1 amide bonds. The number of carbonyl (C=O) groups is 1. The summed E-state index contributed by atoms with van der Waals surface area (Å²) in [6, 6.07) is 10.3. The van der Waals surface area contributed by atoms with E-state index in [1.807, 2.05) is 40.1 Å². The molecule has 1 fully saturated rings. The third kappa shape index (κ3) is 3.65. The molecule has 0 saturated carbocycles. The van der Waals surface area contributed by atoms with Crippen LogP contribution in [0.15, 0.2) is 47.3 Å². The van der Waals surface area contributed by atoms with Gasteiger partial charge in [0.25, 0.3) is 5.91 Å². The molecule has 3 aromatic rings. The molecule has 1 saturated heterocycles.